The number of carboxylic acid groups (broad SMARTS) is 1. The Hall–Kier alpha value is -0.710. The number of nitrogens with zero attached hydrogens (tertiary/aromatic N) is 1. The van der Waals surface area contributed by atoms with Gasteiger partial charge in [0.2, 0.25) is 5.91 Å². The minimum Gasteiger partial charge on any atom is -0.548 e. The molecule has 1 heterocycles. The lowest BCUT2D eigenvalue weighted by Gasteiger charge is -2.52. The van der Waals surface area contributed by atoms with Gasteiger partial charge in [0, 0.05) is 0 Å². The van der Waals surface area contributed by atoms with Crippen molar-refractivity contribution in [2.75, 3.05) is 12.8 Å². The molecule has 1 aliphatic rings. The first-order valence-corrected chi connectivity index (χ1v) is 5.23. The Balaban J connectivity index is 2.69. The van der Waals surface area contributed by atoms with E-state index in [9.17, 15) is 14.7 Å². The molecule has 0 aromatic heterocycles. The first-order chi connectivity index (χ1) is 5.91. The summed E-state index contributed by atoms with van der Waals surface area (Å²) in [5, 5.41) is 10.3. The zero-order valence-electron chi connectivity index (χ0n) is 7.86. The number of carbonyl (C=O) groups excluding carboxylic acids is 2. The second kappa shape index (κ2) is 3.21. The van der Waals surface area contributed by atoms with Crippen molar-refractivity contribution in [1.29, 1.82) is 0 Å². The highest BCUT2D eigenvalue weighted by molar-refractivity contribution is 7.99. The van der Waals surface area contributed by atoms with E-state index < -0.39 is 11.4 Å². The van der Waals surface area contributed by atoms with Gasteiger partial charge in [0.05, 0.1) is 23.3 Å². The summed E-state index contributed by atoms with van der Waals surface area (Å²) in [6.45, 7) is 3.35. The van der Waals surface area contributed by atoms with Crippen molar-refractivity contribution in [2.24, 2.45) is 5.41 Å². The van der Waals surface area contributed by atoms with E-state index in [1.54, 1.807) is 0 Å². The van der Waals surface area contributed by atoms with Crippen LogP contribution in [-0.2, 0) is 9.59 Å². The van der Waals surface area contributed by atoms with Crippen LogP contribution in [0.4, 0.5) is 0 Å². The third-order valence-corrected chi connectivity index (χ3v) is 3.53. The summed E-state index contributed by atoms with van der Waals surface area (Å²) < 4.78 is 0. The average molecular weight is 202 g/mol. The van der Waals surface area contributed by atoms with Crippen LogP contribution in [-0.4, -0.2) is 35.0 Å². The fraction of sp³-hybridized carbons (Fsp3) is 0.750. The van der Waals surface area contributed by atoms with Gasteiger partial charge in [-0.3, -0.25) is 4.79 Å². The molecule has 5 heteroatoms. The van der Waals surface area contributed by atoms with Gasteiger partial charge in [0.25, 0.3) is 0 Å². The van der Waals surface area contributed by atoms with Crippen molar-refractivity contribution in [2.45, 2.75) is 19.2 Å². The molecule has 0 N–H and O–H groups in total. The van der Waals surface area contributed by atoms with Crippen molar-refractivity contribution >= 4 is 23.6 Å². The van der Waals surface area contributed by atoms with Gasteiger partial charge >= 0.3 is 0 Å². The second-order valence-corrected chi connectivity index (χ2v) is 4.53. The largest absolute Gasteiger partial charge is 0.548 e. The molecule has 1 rings (SSSR count). The summed E-state index contributed by atoms with van der Waals surface area (Å²) in [7, 11) is 0. The SMILES string of the molecule is CSC1N(CC(=O)[O-])C(=O)C1(C)C. The number of β-lactam (4-membered cyclic amide) rings is 1. The summed E-state index contributed by atoms with van der Waals surface area (Å²) in [5.74, 6) is -1.32. The van der Waals surface area contributed by atoms with Gasteiger partial charge < -0.3 is 14.8 Å². The van der Waals surface area contributed by atoms with Gasteiger partial charge in [0.1, 0.15) is 0 Å². The summed E-state index contributed by atoms with van der Waals surface area (Å²) >= 11 is 1.49. The average Bonchev–Trinajstić information content (AvgIpc) is 2.02. The van der Waals surface area contributed by atoms with Crippen molar-refractivity contribution in [3.05, 3.63) is 0 Å². The topological polar surface area (TPSA) is 60.4 Å². The number of likely N-dealkylation sites (tertiary alicyclic amines) is 1. The second-order valence-electron chi connectivity index (χ2n) is 3.61. The molecular formula is C8H12NO3S-. The van der Waals surface area contributed by atoms with Gasteiger partial charge in [0.15, 0.2) is 0 Å². The minimum absolute atomic E-state index is 0.0436. The summed E-state index contributed by atoms with van der Waals surface area (Å²) in [6, 6.07) is 0. The van der Waals surface area contributed by atoms with E-state index >= 15 is 0 Å². The van der Waals surface area contributed by atoms with E-state index in [2.05, 4.69) is 0 Å². The van der Waals surface area contributed by atoms with E-state index in [0.717, 1.165) is 0 Å². The van der Waals surface area contributed by atoms with Gasteiger partial charge in [-0.1, -0.05) is 0 Å². The lowest BCUT2D eigenvalue weighted by Crippen LogP contribution is -2.66. The first kappa shape index (κ1) is 10.4. The Labute approximate surface area is 81.3 Å². The molecule has 0 bridgehead atoms. The molecule has 0 spiro atoms. The van der Waals surface area contributed by atoms with E-state index in [1.165, 1.54) is 16.7 Å². The highest BCUT2D eigenvalue weighted by atomic mass is 32.2. The fourth-order valence-corrected chi connectivity index (χ4v) is 2.74. The molecule has 0 aromatic carbocycles. The lowest BCUT2D eigenvalue weighted by molar-refractivity contribution is -0.307. The number of amides is 1. The molecule has 0 saturated carbocycles. The highest BCUT2D eigenvalue weighted by Crippen LogP contribution is 2.43. The normalized spacial score (nSPS) is 25.6. The van der Waals surface area contributed by atoms with E-state index in [-0.39, 0.29) is 17.8 Å². The number of hydrogen-bond acceptors (Lipinski definition) is 4. The molecule has 13 heavy (non-hydrogen) atoms. The molecule has 1 amide bonds. The number of carboxylic acids is 1. The van der Waals surface area contributed by atoms with Crippen LogP contribution in [0.15, 0.2) is 0 Å². The minimum atomic E-state index is -1.21. The Morgan fingerprint density at radius 2 is 2.23 bits per heavy atom. The van der Waals surface area contributed by atoms with Crippen LogP contribution < -0.4 is 5.11 Å². The number of carbonyl (C=O) groups is 2. The Morgan fingerprint density at radius 1 is 1.69 bits per heavy atom. The van der Waals surface area contributed by atoms with Gasteiger partial charge in [-0.05, 0) is 20.1 Å². The number of aliphatic carboxylic acids is 1. The summed E-state index contributed by atoms with van der Waals surface area (Å²) in [5.41, 5.74) is -0.436. The van der Waals surface area contributed by atoms with Crippen LogP contribution in [0.3, 0.4) is 0 Å². The van der Waals surface area contributed by atoms with Crippen LogP contribution in [0.25, 0.3) is 0 Å². The number of hydrogen-bond donors (Lipinski definition) is 0. The number of thioether (sulfide) groups is 1. The summed E-state index contributed by atoms with van der Waals surface area (Å²) in [4.78, 5) is 23.0. The quantitative estimate of drug-likeness (QED) is 0.567. The molecule has 1 unspecified atom stereocenters. The Kier molecular flexibility index (Phi) is 2.56. The van der Waals surface area contributed by atoms with Crippen LogP contribution in [0, 0.1) is 5.41 Å². The molecule has 1 atom stereocenters. The van der Waals surface area contributed by atoms with Crippen molar-refractivity contribution < 1.29 is 14.7 Å². The highest BCUT2D eigenvalue weighted by Gasteiger charge is 2.53. The monoisotopic (exact) mass is 202 g/mol. The third kappa shape index (κ3) is 1.52. The molecule has 0 aromatic rings. The molecule has 74 valence electrons. The van der Waals surface area contributed by atoms with Crippen LogP contribution >= 0.6 is 11.8 Å². The van der Waals surface area contributed by atoms with Crippen LogP contribution in [0.1, 0.15) is 13.8 Å². The first-order valence-electron chi connectivity index (χ1n) is 3.95. The van der Waals surface area contributed by atoms with E-state index in [1.807, 2.05) is 20.1 Å². The smallest absolute Gasteiger partial charge is 0.232 e. The Morgan fingerprint density at radius 3 is 2.62 bits per heavy atom. The predicted octanol–water partition coefficient (Wildman–Crippen LogP) is -0.706. The zero-order valence-corrected chi connectivity index (χ0v) is 8.68. The summed E-state index contributed by atoms with van der Waals surface area (Å²) in [6.07, 6.45) is 1.86. The lowest BCUT2D eigenvalue weighted by atomic mass is 9.82. The van der Waals surface area contributed by atoms with Crippen molar-refractivity contribution in [3.8, 4) is 0 Å². The molecular weight excluding hydrogens is 190 g/mol. The maximum Gasteiger partial charge on any atom is 0.232 e. The number of rotatable bonds is 3. The van der Waals surface area contributed by atoms with Crippen LogP contribution in [0.5, 0.6) is 0 Å². The van der Waals surface area contributed by atoms with Crippen molar-refractivity contribution in [3.63, 3.8) is 0 Å². The Bertz CT molecular complexity index is 252. The molecule has 0 aliphatic carbocycles. The van der Waals surface area contributed by atoms with E-state index in [0.29, 0.717) is 0 Å². The van der Waals surface area contributed by atoms with Gasteiger partial charge in [-0.15, -0.1) is 11.8 Å². The standard InChI is InChI=1S/C8H13NO3S/c1-8(2)6(12)9(4-5(10)11)7(8)13-3/h7H,4H2,1-3H3,(H,10,11)/p-1. The van der Waals surface area contributed by atoms with E-state index in [4.69, 9.17) is 0 Å². The van der Waals surface area contributed by atoms with Gasteiger partial charge in [-0.2, -0.15) is 0 Å². The maximum atomic E-state index is 11.4. The molecule has 0 radical (unpaired) electrons. The molecule has 1 aliphatic heterocycles. The molecule has 1 fully saturated rings. The molecule has 4 nitrogen and oxygen atoms in total. The fourth-order valence-electron chi connectivity index (χ4n) is 1.62. The third-order valence-electron chi connectivity index (χ3n) is 2.24. The van der Waals surface area contributed by atoms with Crippen LogP contribution in [0.2, 0.25) is 0 Å². The maximum absolute atomic E-state index is 11.4. The van der Waals surface area contributed by atoms with Gasteiger partial charge in [-0.25, -0.2) is 0 Å². The predicted molar refractivity (Wildman–Crippen MR) is 47.8 cm³/mol. The molecule has 1 saturated heterocycles. The van der Waals surface area contributed by atoms with Crippen molar-refractivity contribution in [1.82, 2.24) is 4.90 Å². The zero-order chi connectivity index (χ0) is 10.2.